The predicted octanol–water partition coefficient (Wildman–Crippen LogP) is 3.53. The number of amides is 1. The summed E-state index contributed by atoms with van der Waals surface area (Å²) < 4.78 is 5.47. The third kappa shape index (κ3) is 4.55. The van der Waals surface area contributed by atoms with E-state index in [1.807, 2.05) is 20.8 Å². The van der Waals surface area contributed by atoms with Gasteiger partial charge in [0, 0.05) is 11.2 Å². The van der Waals surface area contributed by atoms with Gasteiger partial charge in [0.15, 0.2) is 0 Å². The molecule has 1 amide bonds. The fourth-order valence-electron chi connectivity index (χ4n) is 2.89. The van der Waals surface area contributed by atoms with Crippen molar-refractivity contribution < 1.29 is 14.6 Å². The van der Waals surface area contributed by atoms with Gasteiger partial charge in [-0.25, -0.2) is 4.79 Å². The van der Waals surface area contributed by atoms with Crippen LogP contribution in [0.3, 0.4) is 0 Å². The largest absolute Gasteiger partial charge is 0.508 e. The van der Waals surface area contributed by atoms with Crippen LogP contribution in [0.25, 0.3) is 0 Å². The zero-order valence-electron chi connectivity index (χ0n) is 13.6. The second-order valence-electron chi connectivity index (χ2n) is 7.07. The minimum atomic E-state index is -0.354. The number of carbonyl (C=O) groups is 1. The van der Waals surface area contributed by atoms with E-state index in [1.54, 1.807) is 18.2 Å². The van der Waals surface area contributed by atoms with Crippen LogP contribution in [0, 0.1) is 0 Å². The molecule has 1 aliphatic rings. The molecular weight excluding hydrogens is 280 g/mol. The number of nitrogens with two attached hydrogens (primary N) is 1. The van der Waals surface area contributed by atoms with Gasteiger partial charge in [0.05, 0.1) is 0 Å². The topological polar surface area (TPSA) is 84.6 Å². The molecule has 0 aliphatic heterocycles. The Kier molecular flexibility index (Phi) is 4.84. The number of rotatable bonds is 2. The number of aromatic hydroxyl groups is 1. The summed E-state index contributed by atoms with van der Waals surface area (Å²) in [4.78, 5) is 11.8. The Hall–Kier alpha value is -1.91. The van der Waals surface area contributed by atoms with Crippen molar-refractivity contribution in [1.82, 2.24) is 5.32 Å². The summed E-state index contributed by atoms with van der Waals surface area (Å²) in [6, 6.07) is 5.09. The first kappa shape index (κ1) is 16.5. The van der Waals surface area contributed by atoms with Crippen LogP contribution in [0.5, 0.6) is 5.75 Å². The Morgan fingerprint density at radius 2 is 1.91 bits per heavy atom. The molecule has 0 radical (unpaired) electrons. The monoisotopic (exact) mass is 306 g/mol. The van der Waals surface area contributed by atoms with Crippen molar-refractivity contribution in [1.29, 1.82) is 0 Å². The Morgan fingerprint density at radius 1 is 1.27 bits per heavy atom. The highest BCUT2D eigenvalue weighted by molar-refractivity contribution is 5.68. The number of phenolic OH excluding ortho intramolecular Hbond substituents is 1. The Bertz CT molecular complexity index is 529. The van der Waals surface area contributed by atoms with E-state index in [0.29, 0.717) is 11.6 Å². The van der Waals surface area contributed by atoms with Gasteiger partial charge in [0.25, 0.3) is 0 Å². The number of nitrogen functional groups attached to an aromatic ring is 1. The molecule has 0 unspecified atom stereocenters. The highest BCUT2D eigenvalue weighted by Gasteiger charge is 2.27. The highest BCUT2D eigenvalue weighted by atomic mass is 16.6. The first-order valence-corrected chi connectivity index (χ1v) is 7.82. The van der Waals surface area contributed by atoms with Gasteiger partial charge in [-0.3, -0.25) is 0 Å². The summed E-state index contributed by atoms with van der Waals surface area (Å²) in [5.74, 6) is 0.560. The molecule has 5 heteroatoms. The van der Waals surface area contributed by atoms with Gasteiger partial charge < -0.3 is 20.9 Å². The molecule has 0 heterocycles. The molecule has 22 heavy (non-hydrogen) atoms. The number of phenols is 1. The third-order valence-electron chi connectivity index (χ3n) is 3.94. The molecule has 0 spiro atoms. The molecule has 4 N–H and O–H groups in total. The van der Waals surface area contributed by atoms with E-state index >= 15 is 0 Å². The number of anilines is 1. The molecular formula is C17H26N2O3. The van der Waals surface area contributed by atoms with E-state index in [0.717, 1.165) is 31.2 Å². The van der Waals surface area contributed by atoms with E-state index in [9.17, 15) is 9.90 Å². The zero-order chi connectivity index (χ0) is 16.3. The molecule has 1 aromatic carbocycles. The Morgan fingerprint density at radius 3 is 2.50 bits per heavy atom. The molecule has 0 bridgehead atoms. The smallest absolute Gasteiger partial charge is 0.407 e. The van der Waals surface area contributed by atoms with Crippen LogP contribution >= 0.6 is 0 Å². The van der Waals surface area contributed by atoms with E-state index in [2.05, 4.69) is 5.32 Å². The molecule has 2 rings (SSSR count). The van der Waals surface area contributed by atoms with Crippen LogP contribution < -0.4 is 11.1 Å². The summed E-state index contributed by atoms with van der Waals surface area (Å²) in [6.07, 6.45) is 3.04. The van der Waals surface area contributed by atoms with Crippen molar-refractivity contribution in [3.8, 4) is 5.75 Å². The van der Waals surface area contributed by atoms with Crippen LogP contribution in [0.2, 0.25) is 0 Å². The van der Waals surface area contributed by atoms with Gasteiger partial charge in [-0.15, -0.1) is 0 Å². The molecule has 0 saturated heterocycles. The SMILES string of the molecule is CC(C)(C)NC(=O)OC1CCC(c2cc(O)ccc2N)CC1. The molecule has 0 atom stereocenters. The normalized spacial score (nSPS) is 22.1. The lowest BCUT2D eigenvalue weighted by atomic mass is 9.82. The number of hydrogen-bond acceptors (Lipinski definition) is 4. The molecule has 5 nitrogen and oxygen atoms in total. The van der Waals surface area contributed by atoms with Crippen molar-refractivity contribution in [2.24, 2.45) is 0 Å². The molecule has 1 fully saturated rings. The van der Waals surface area contributed by atoms with Crippen LogP contribution in [0.1, 0.15) is 57.9 Å². The van der Waals surface area contributed by atoms with Gasteiger partial charge >= 0.3 is 6.09 Å². The summed E-state index contributed by atoms with van der Waals surface area (Å²) >= 11 is 0. The fourth-order valence-corrected chi connectivity index (χ4v) is 2.89. The second-order valence-corrected chi connectivity index (χ2v) is 7.07. The van der Waals surface area contributed by atoms with Crippen LogP contribution in [-0.2, 0) is 4.74 Å². The predicted molar refractivity (Wildman–Crippen MR) is 86.9 cm³/mol. The van der Waals surface area contributed by atoms with Crippen molar-refractivity contribution in [2.45, 2.75) is 64.0 Å². The average molecular weight is 306 g/mol. The van der Waals surface area contributed by atoms with Gasteiger partial charge in [-0.1, -0.05) is 0 Å². The number of hydrogen-bond donors (Lipinski definition) is 3. The molecule has 1 aromatic rings. The minimum absolute atomic E-state index is 0.0443. The van der Waals surface area contributed by atoms with Crippen molar-refractivity contribution in [3.05, 3.63) is 23.8 Å². The summed E-state index contributed by atoms with van der Waals surface area (Å²) in [7, 11) is 0. The zero-order valence-corrected chi connectivity index (χ0v) is 13.6. The third-order valence-corrected chi connectivity index (χ3v) is 3.94. The van der Waals surface area contributed by atoms with Crippen molar-refractivity contribution in [3.63, 3.8) is 0 Å². The van der Waals surface area contributed by atoms with E-state index in [4.69, 9.17) is 10.5 Å². The second kappa shape index (κ2) is 6.46. The summed E-state index contributed by atoms with van der Waals surface area (Å²) in [5.41, 5.74) is 7.42. The van der Waals surface area contributed by atoms with Crippen molar-refractivity contribution in [2.75, 3.05) is 5.73 Å². The van der Waals surface area contributed by atoms with Crippen LogP contribution in [-0.4, -0.2) is 22.8 Å². The van der Waals surface area contributed by atoms with E-state index in [-0.39, 0.29) is 23.5 Å². The van der Waals surface area contributed by atoms with E-state index < -0.39 is 0 Å². The maximum atomic E-state index is 11.8. The van der Waals surface area contributed by atoms with Crippen molar-refractivity contribution >= 4 is 11.8 Å². The van der Waals surface area contributed by atoms with E-state index in [1.165, 1.54) is 0 Å². The number of carbonyl (C=O) groups excluding carboxylic acids is 1. The lowest BCUT2D eigenvalue weighted by Crippen LogP contribution is -2.42. The molecule has 1 saturated carbocycles. The number of nitrogens with one attached hydrogen (secondary N) is 1. The maximum Gasteiger partial charge on any atom is 0.407 e. The Balaban J connectivity index is 1.88. The molecule has 0 aromatic heterocycles. The molecule has 122 valence electrons. The summed E-state index contributed by atoms with van der Waals surface area (Å²) in [6.45, 7) is 5.78. The van der Waals surface area contributed by atoms with Crippen LogP contribution in [0.4, 0.5) is 10.5 Å². The van der Waals surface area contributed by atoms with Crippen LogP contribution in [0.15, 0.2) is 18.2 Å². The lowest BCUT2D eigenvalue weighted by molar-refractivity contribution is 0.0666. The summed E-state index contributed by atoms with van der Waals surface area (Å²) in [5, 5.41) is 12.4. The quantitative estimate of drug-likeness (QED) is 0.576. The fraction of sp³-hybridized carbons (Fsp3) is 0.588. The van der Waals surface area contributed by atoms with Gasteiger partial charge in [-0.05, 0) is 76.1 Å². The first-order valence-electron chi connectivity index (χ1n) is 7.82. The number of benzene rings is 1. The highest BCUT2D eigenvalue weighted by Crippen LogP contribution is 2.37. The Labute approximate surface area is 131 Å². The number of ether oxygens (including phenoxy) is 1. The maximum absolute atomic E-state index is 11.8. The first-order chi connectivity index (χ1) is 10.2. The lowest BCUT2D eigenvalue weighted by Gasteiger charge is -2.30. The average Bonchev–Trinajstić information content (AvgIpc) is 2.40. The van der Waals surface area contributed by atoms with Gasteiger partial charge in [-0.2, -0.15) is 0 Å². The van der Waals surface area contributed by atoms with Gasteiger partial charge in [0.1, 0.15) is 11.9 Å². The minimum Gasteiger partial charge on any atom is -0.508 e. The molecule has 1 aliphatic carbocycles. The number of alkyl carbamates (subject to hydrolysis) is 1. The van der Waals surface area contributed by atoms with Gasteiger partial charge in [0.2, 0.25) is 0 Å². The standard InChI is InChI=1S/C17H26N2O3/c1-17(2,3)19-16(21)22-13-7-4-11(5-8-13)14-10-12(20)6-9-15(14)18/h6,9-11,13,20H,4-5,7-8,18H2,1-3H3,(H,19,21).